The van der Waals surface area contributed by atoms with Crippen LogP contribution in [0.3, 0.4) is 0 Å². The molecular formula is C21H20N2O3S. The first-order valence-electron chi connectivity index (χ1n) is 8.89. The standard InChI is InChI=1S/C21H20N2O3S/c24-11-9-19(20-22-10-12-27-20)23-21(25)26-13-18-16-7-3-1-5-14(16)15-6-2-4-8-17(15)18/h1-8,10,12,18-19,24H,9,11,13H2,(H,23,25)/t19-/m1/s1. The second-order valence-corrected chi connectivity index (χ2v) is 7.33. The van der Waals surface area contributed by atoms with Crippen LogP contribution in [0, 0.1) is 0 Å². The molecule has 1 aliphatic carbocycles. The molecule has 1 aromatic heterocycles. The molecule has 3 aromatic rings. The molecule has 1 heterocycles. The van der Waals surface area contributed by atoms with Gasteiger partial charge in [0.25, 0.3) is 0 Å². The van der Waals surface area contributed by atoms with Gasteiger partial charge in [0.2, 0.25) is 0 Å². The number of carbonyl (C=O) groups excluding carboxylic acids is 1. The fourth-order valence-corrected chi connectivity index (χ4v) is 4.30. The number of aliphatic hydroxyl groups excluding tert-OH is 1. The van der Waals surface area contributed by atoms with E-state index in [1.807, 2.05) is 29.6 Å². The molecule has 5 nitrogen and oxygen atoms in total. The van der Waals surface area contributed by atoms with E-state index >= 15 is 0 Å². The van der Waals surface area contributed by atoms with Gasteiger partial charge in [-0.05, 0) is 28.7 Å². The first kappa shape index (κ1) is 17.7. The summed E-state index contributed by atoms with van der Waals surface area (Å²) in [5.41, 5.74) is 4.75. The van der Waals surface area contributed by atoms with E-state index < -0.39 is 6.09 Å². The lowest BCUT2D eigenvalue weighted by atomic mass is 9.98. The summed E-state index contributed by atoms with van der Waals surface area (Å²) in [7, 11) is 0. The number of amides is 1. The van der Waals surface area contributed by atoms with Gasteiger partial charge in [-0.15, -0.1) is 11.3 Å². The van der Waals surface area contributed by atoms with Crippen molar-refractivity contribution in [3.05, 3.63) is 76.2 Å². The predicted octanol–water partition coefficient (Wildman–Crippen LogP) is 4.11. The molecule has 1 aliphatic rings. The van der Waals surface area contributed by atoms with Crippen LogP contribution < -0.4 is 5.32 Å². The molecule has 0 bridgehead atoms. The molecule has 0 unspecified atom stereocenters. The minimum absolute atomic E-state index is 0.0271. The van der Waals surface area contributed by atoms with Gasteiger partial charge in [-0.3, -0.25) is 0 Å². The second kappa shape index (κ2) is 7.90. The lowest BCUT2D eigenvalue weighted by molar-refractivity contribution is 0.136. The van der Waals surface area contributed by atoms with Crippen LogP contribution >= 0.6 is 11.3 Å². The van der Waals surface area contributed by atoms with Gasteiger partial charge in [0, 0.05) is 24.1 Å². The minimum Gasteiger partial charge on any atom is -0.449 e. The fourth-order valence-electron chi connectivity index (χ4n) is 3.58. The minimum atomic E-state index is -0.495. The Labute approximate surface area is 161 Å². The summed E-state index contributed by atoms with van der Waals surface area (Å²) in [5.74, 6) is 0.0271. The van der Waals surface area contributed by atoms with Crippen molar-refractivity contribution in [3.63, 3.8) is 0 Å². The summed E-state index contributed by atoms with van der Waals surface area (Å²) in [5, 5.41) is 14.7. The van der Waals surface area contributed by atoms with Crippen LogP contribution in [0.2, 0.25) is 0 Å². The van der Waals surface area contributed by atoms with Crippen LogP contribution in [0.4, 0.5) is 4.79 Å². The van der Waals surface area contributed by atoms with E-state index in [0.717, 1.165) is 5.01 Å². The summed E-state index contributed by atoms with van der Waals surface area (Å²) < 4.78 is 5.56. The zero-order chi connectivity index (χ0) is 18.6. The zero-order valence-corrected chi connectivity index (χ0v) is 15.5. The summed E-state index contributed by atoms with van der Waals surface area (Å²) in [6.07, 6.45) is 1.59. The average molecular weight is 380 g/mol. The van der Waals surface area contributed by atoms with Gasteiger partial charge in [0.1, 0.15) is 11.6 Å². The van der Waals surface area contributed by atoms with E-state index in [1.54, 1.807) is 6.20 Å². The third kappa shape index (κ3) is 3.59. The quantitative estimate of drug-likeness (QED) is 0.675. The number of aliphatic hydroxyl groups is 1. The number of rotatable bonds is 6. The maximum Gasteiger partial charge on any atom is 0.407 e. The molecule has 27 heavy (non-hydrogen) atoms. The number of hydrogen-bond acceptors (Lipinski definition) is 5. The normalized spacial score (nSPS) is 13.7. The van der Waals surface area contributed by atoms with Crippen molar-refractivity contribution in [3.8, 4) is 11.1 Å². The van der Waals surface area contributed by atoms with Crippen LogP contribution in [0.15, 0.2) is 60.1 Å². The number of aromatic nitrogens is 1. The molecule has 0 spiro atoms. The molecule has 0 radical (unpaired) electrons. The molecule has 0 fully saturated rings. The van der Waals surface area contributed by atoms with Crippen molar-refractivity contribution in [2.24, 2.45) is 0 Å². The predicted molar refractivity (Wildman–Crippen MR) is 105 cm³/mol. The molecule has 1 amide bonds. The number of ether oxygens (including phenoxy) is 1. The SMILES string of the molecule is O=C(N[C@H](CCO)c1nccs1)OCC1c2ccccc2-c2ccccc21. The third-order valence-electron chi connectivity index (χ3n) is 4.80. The Bertz CT molecular complexity index is 881. The van der Waals surface area contributed by atoms with E-state index in [9.17, 15) is 9.90 Å². The number of hydrogen-bond donors (Lipinski definition) is 2. The number of fused-ring (bicyclic) bond motifs is 3. The summed E-state index contributed by atoms with van der Waals surface area (Å²) >= 11 is 1.45. The Balaban J connectivity index is 1.46. The van der Waals surface area contributed by atoms with Gasteiger partial charge >= 0.3 is 6.09 Å². The first-order valence-corrected chi connectivity index (χ1v) is 9.77. The molecule has 2 N–H and O–H groups in total. The Morgan fingerprint density at radius 1 is 1.15 bits per heavy atom. The highest BCUT2D eigenvalue weighted by Gasteiger charge is 2.29. The maximum absolute atomic E-state index is 12.4. The Hall–Kier alpha value is -2.70. The van der Waals surface area contributed by atoms with Crippen LogP contribution in [0.5, 0.6) is 0 Å². The molecular weight excluding hydrogens is 360 g/mol. The zero-order valence-electron chi connectivity index (χ0n) is 14.7. The summed E-state index contributed by atoms with van der Waals surface area (Å²) in [6, 6.07) is 16.1. The molecule has 1 atom stereocenters. The van der Waals surface area contributed by atoms with Gasteiger partial charge in [-0.2, -0.15) is 0 Å². The van der Waals surface area contributed by atoms with Gasteiger partial charge in [0.15, 0.2) is 0 Å². The molecule has 4 rings (SSSR count). The molecule has 0 aliphatic heterocycles. The van der Waals surface area contributed by atoms with Crippen molar-refractivity contribution < 1.29 is 14.6 Å². The number of thiazole rings is 1. The fraction of sp³-hybridized carbons (Fsp3) is 0.238. The van der Waals surface area contributed by atoms with Crippen LogP contribution in [0.1, 0.15) is 34.5 Å². The van der Waals surface area contributed by atoms with E-state index in [2.05, 4.69) is 34.6 Å². The molecule has 2 aromatic carbocycles. The van der Waals surface area contributed by atoms with Crippen molar-refractivity contribution >= 4 is 17.4 Å². The highest BCUT2D eigenvalue weighted by Crippen LogP contribution is 2.44. The number of carbonyl (C=O) groups is 1. The monoisotopic (exact) mass is 380 g/mol. The maximum atomic E-state index is 12.4. The summed E-state index contributed by atoms with van der Waals surface area (Å²) in [6.45, 7) is 0.234. The van der Waals surface area contributed by atoms with Crippen molar-refractivity contribution in [1.29, 1.82) is 0 Å². The van der Waals surface area contributed by atoms with Crippen molar-refractivity contribution in [1.82, 2.24) is 10.3 Å². The van der Waals surface area contributed by atoms with Crippen LogP contribution in [0.25, 0.3) is 11.1 Å². The molecule has 0 saturated carbocycles. The van der Waals surface area contributed by atoms with Gasteiger partial charge < -0.3 is 15.2 Å². The van der Waals surface area contributed by atoms with Gasteiger partial charge in [-0.25, -0.2) is 9.78 Å². The lowest BCUT2D eigenvalue weighted by Crippen LogP contribution is -2.30. The van der Waals surface area contributed by atoms with Gasteiger partial charge in [-0.1, -0.05) is 48.5 Å². The highest BCUT2D eigenvalue weighted by molar-refractivity contribution is 7.09. The average Bonchev–Trinajstić information content (AvgIpc) is 3.33. The van der Waals surface area contributed by atoms with E-state index in [-0.39, 0.29) is 25.2 Å². The topological polar surface area (TPSA) is 71.5 Å². The molecule has 0 saturated heterocycles. The van der Waals surface area contributed by atoms with Crippen molar-refractivity contribution in [2.45, 2.75) is 18.4 Å². The van der Waals surface area contributed by atoms with E-state index in [1.165, 1.54) is 33.6 Å². The first-order chi connectivity index (χ1) is 13.3. The lowest BCUT2D eigenvalue weighted by Gasteiger charge is -2.18. The second-order valence-electron chi connectivity index (χ2n) is 6.41. The Kier molecular flexibility index (Phi) is 5.18. The number of nitrogens with zero attached hydrogens (tertiary/aromatic N) is 1. The smallest absolute Gasteiger partial charge is 0.407 e. The largest absolute Gasteiger partial charge is 0.449 e. The van der Waals surface area contributed by atoms with E-state index in [4.69, 9.17) is 4.74 Å². The Morgan fingerprint density at radius 3 is 2.41 bits per heavy atom. The summed E-state index contributed by atoms with van der Waals surface area (Å²) in [4.78, 5) is 16.6. The van der Waals surface area contributed by atoms with E-state index in [0.29, 0.717) is 6.42 Å². The van der Waals surface area contributed by atoms with Crippen molar-refractivity contribution in [2.75, 3.05) is 13.2 Å². The third-order valence-corrected chi connectivity index (χ3v) is 5.69. The molecule has 6 heteroatoms. The van der Waals surface area contributed by atoms with Gasteiger partial charge in [0.05, 0.1) is 6.04 Å². The highest BCUT2D eigenvalue weighted by atomic mass is 32.1. The van der Waals surface area contributed by atoms with Crippen LogP contribution in [-0.2, 0) is 4.74 Å². The number of nitrogens with one attached hydrogen (secondary N) is 1. The molecule has 138 valence electrons. The van der Waals surface area contributed by atoms with Crippen LogP contribution in [-0.4, -0.2) is 29.4 Å². The Morgan fingerprint density at radius 2 is 1.81 bits per heavy atom. The number of benzene rings is 2. The number of alkyl carbamates (subject to hydrolysis) is 1.